The van der Waals surface area contributed by atoms with Crippen LogP contribution < -0.4 is 5.32 Å². The number of rotatable bonds is 7. The first-order valence-electron chi connectivity index (χ1n) is 6.39. The molecule has 0 saturated heterocycles. The number of carbonyl (C=O) groups is 1. The lowest BCUT2D eigenvalue weighted by atomic mass is 10.2. The number of hydrogen-bond acceptors (Lipinski definition) is 5. The molecule has 0 aliphatic carbocycles. The Balaban J connectivity index is 2.32. The molecule has 1 aromatic rings. The molecular weight excluding hydrogens is 232 g/mol. The molecule has 1 unspecified atom stereocenters. The van der Waals surface area contributed by atoms with Crippen molar-refractivity contribution < 1.29 is 9.32 Å². The summed E-state index contributed by atoms with van der Waals surface area (Å²) in [7, 11) is 0. The molecule has 1 rings (SSSR count). The second-order valence-corrected chi connectivity index (χ2v) is 4.17. The first kappa shape index (κ1) is 14.6. The molecule has 1 aromatic heterocycles. The van der Waals surface area contributed by atoms with E-state index in [1.165, 1.54) is 0 Å². The van der Waals surface area contributed by atoms with Crippen LogP contribution in [0.4, 0.5) is 0 Å². The predicted octanol–water partition coefficient (Wildman–Crippen LogP) is 0.767. The number of hydrogen-bond donors (Lipinski definition) is 1. The first-order chi connectivity index (χ1) is 8.58. The molecule has 0 bridgehead atoms. The van der Waals surface area contributed by atoms with Crippen molar-refractivity contribution in [2.75, 3.05) is 19.6 Å². The molecule has 0 aliphatic rings. The molecule has 1 atom stereocenters. The van der Waals surface area contributed by atoms with Gasteiger partial charge in [0.25, 0.3) is 0 Å². The van der Waals surface area contributed by atoms with Gasteiger partial charge in [-0.15, -0.1) is 0 Å². The standard InChI is InChI=1S/C12H22N4O2/c1-5-16(6-2)12(17)9(3)13-8-7-11-14-10(4)18-15-11/h9,13H,5-8H2,1-4H3. The van der Waals surface area contributed by atoms with Gasteiger partial charge in [0.1, 0.15) is 0 Å². The van der Waals surface area contributed by atoms with Crippen molar-refractivity contribution in [1.82, 2.24) is 20.4 Å². The van der Waals surface area contributed by atoms with E-state index in [1.54, 1.807) is 6.92 Å². The monoisotopic (exact) mass is 254 g/mol. The number of amides is 1. The van der Waals surface area contributed by atoms with Crippen LogP contribution in [0.1, 0.15) is 32.5 Å². The molecule has 0 saturated carbocycles. The summed E-state index contributed by atoms with van der Waals surface area (Å²) in [4.78, 5) is 17.9. The van der Waals surface area contributed by atoms with E-state index in [2.05, 4.69) is 15.5 Å². The van der Waals surface area contributed by atoms with Crippen LogP contribution in [0.15, 0.2) is 4.52 Å². The van der Waals surface area contributed by atoms with Crippen molar-refractivity contribution in [3.05, 3.63) is 11.7 Å². The Labute approximate surface area is 108 Å². The van der Waals surface area contributed by atoms with E-state index >= 15 is 0 Å². The van der Waals surface area contributed by atoms with E-state index in [-0.39, 0.29) is 11.9 Å². The Morgan fingerprint density at radius 2 is 2.11 bits per heavy atom. The number of nitrogens with one attached hydrogen (secondary N) is 1. The van der Waals surface area contributed by atoms with Crippen LogP contribution in [0.2, 0.25) is 0 Å². The summed E-state index contributed by atoms with van der Waals surface area (Å²) in [6, 6.07) is -0.183. The predicted molar refractivity (Wildman–Crippen MR) is 68.1 cm³/mol. The van der Waals surface area contributed by atoms with Gasteiger partial charge in [-0.1, -0.05) is 5.16 Å². The molecule has 18 heavy (non-hydrogen) atoms. The topological polar surface area (TPSA) is 71.3 Å². The van der Waals surface area contributed by atoms with E-state index in [4.69, 9.17) is 4.52 Å². The van der Waals surface area contributed by atoms with Gasteiger partial charge in [-0.2, -0.15) is 4.98 Å². The van der Waals surface area contributed by atoms with E-state index in [0.717, 1.165) is 13.1 Å². The second kappa shape index (κ2) is 7.10. The Morgan fingerprint density at radius 3 is 2.61 bits per heavy atom. The van der Waals surface area contributed by atoms with Crippen LogP contribution in [-0.2, 0) is 11.2 Å². The number of nitrogens with zero attached hydrogens (tertiary/aromatic N) is 3. The minimum atomic E-state index is -0.183. The molecule has 0 aromatic carbocycles. The Kier molecular flexibility index (Phi) is 5.77. The summed E-state index contributed by atoms with van der Waals surface area (Å²) in [5, 5.41) is 6.98. The van der Waals surface area contributed by atoms with Gasteiger partial charge in [0.2, 0.25) is 11.8 Å². The highest BCUT2D eigenvalue weighted by Gasteiger charge is 2.17. The number of aromatic nitrogens is 2. The third-order valence-electron chi connectivity index (χ3n) is 2.81. The lowest BCUT2D eigenvalue weighted by Crippen LogP contribution is -2.45. The van der Waals surface area contributed by atoms with Crippen molar-refractivity contribution >= 4 is 5.91 Å². The van der Waals surface area contributed by atoms with Crippen LogP contribution in [0.3, 0.4) is 0 Å². The molecule has 1 heterocycles. The maximum atomic E-state index is 12.0. The highest BCUT2D eigenvalue weighted by molar-refractivity contribution is 5.81. The largest absolute Gasteiger partial charge is 0.342 e. The fourth-order valence-corrected chi connectivity index (χ4v) is 1.74. The minimum Gasteiger partial charge on any atom is -0.342 e. The molecule has 6 heteroatoms. The molecule has 102 valence electrons. The van der Waals surface area contributed by atoms with E-state index < -0.39 is 0 Å². The highest BCUT2D eigenvalue weighted by Crippen LogP contribution is 1.97. The van der Waals surface area contributed by atoms with Crippen molar-refractivity contribution in [1.29, 1.82) is 0 Å². The van der Waals surface area contributed by atoms with Crippen LogP contribution in [0.25, 0.3) is 0 Å². The molecule has 0 fully saturated rings. The lowest BCUT2D eigenvalue weighted by Gasteiger charge is -2.23. The molecule has 6 nitrogen and oxygen atoms in total. The summed E-state index contributed by atoms with van der Waals surface area (Å²) < 4.78 is 4.88. The van der Waals surface area contributed by atoms with Crippen molar-refractivity contribution in [3.63, 3.8) is 0 Å². The van der Waals surface area contributed by atoms with Crippen molar-refractivity contribution in [3.8, 4) is 0 Å². The average molecular weight is 254 g/mol. The lowest BCUT2D eigenvalue weighted by molar-refractivity contribution is -0.132. The van der Waals surface area contributed by atoms with Gasteiger partial charge in [-0.3, -0.25) is 4.79 Å². The molecule has 0 radical (unpaired) electrons. The molecule has 0 aliphatic heterocycles. The van der Waals surface area contributed by atoms with Crippen LogP contribution in [0, 0.1) is 6.92 Å². The van der Waals surface area contributed by atoms with Gasteiger partial charge in [-0.05, 0) is 20.8 Å². The smallest absolute Gasteiger partial charge is 0.239 e. The molecule has 1 N–H and O–H groups in total. The number of carbonyl (C=O) groups excluding carboxylic acids is 1. The highest BCUT2D eigenvalue weighted by atomic mass is 16.5. The van der Waals surface area contributed by atoms with Gasteiger partial charge in [0.15, 0.2) is 5.82 Å². The maximum Gasteiger partial charge on any atom is 0.239 e. The fourth-order valence-electron chi connectivity index (χ4n) is 1.74. The minimum absolute atomic E-state index is 0.129. The maximum absolute atomic E-state index is 12.0. The Hall–Kier alpha value is -1.43. The van der Waals surface area contributed by atoms with E-state index in [9.17, 15) is 4.79 Å². The van der Waals surface area contributed by atoms with Gasteiger partial charge in [0, 0.05) is 33.0 Å². The van der Waals surface area contributed by atoms with Crippen molar-refractivity contribution in [2.24, 2.45) is 0 Å². The normalized spacial score (nSPS) is 12.4. The fraction of sp³-hybridized carbons (Fsp3) is 0.750. The summed E-state index contributed by atoms with van der Waals surface area (Å²) in [6.07, 6.45) is 0.660. The van der Waals surface area contributed by atoms with Crippen LogP contribution in [0.5, 0.6) is 0 Å². The summed E-state index contributed by atoms with van der Waals surface area (Å²) in [6.45, 7) is 9.74. The van der Waals surface area contributed by atoms with Gasteiger partial charge in [-0.25, -0.2) is 0 Å². The zero-order valence-corrected chi connectivity index (χ0v) is 11.6. The molecular formula is C12H22N4O2. The number of likely N-dealkylation sites (N-methyl/N-ethyl adjacent to an activating group) is 1. The van der Waals surface area contributed by atoms with E-state index in [1.807, 2.05) is 25.7 Å². The molecule has 0 spiro atoms. The second-order valence-electron chi connectivity index (χ2n) is 4.17. The summed E-state index contributed by atoms with van der Waals surface area (Å²) >= 11 is 0. The zero-order valence-electron chi connectivity index (χ0n) is 11.6. The van der Waals surface area contributed by atoms with Gasteiger partial charge in [0.05, 0.1) is 6.04 Å². The van der Waals surface area contributed by atoms with Crippen molar-refractivity contribution in [2.45, 2.75) is 40.2 Å². The SMILES string of the molecule is CCN(CC)C(=O)C(C)NCCc1noc(C)n1. The summed E-state index contributed by atoms with van der Waals surface area (Å²) in [5.41, 5.74) is 0. The molecule has 1 amide bonds. The quantitative estimate of drug-likeness (QED) is 0.778. The third-order valence-corrected chi connectivity index (χ3v) is 2.81. The average Bonchev–Trinajstić information content (AvgIpc) is 2.76. The Morgan fingerprint density at radius 1 is 1.44 bits per heavy atom. The van der Waals surface area contributed by atoms with Gasteiger partial charge < -0.3 is 14.7 Å². The zero-order chi connectivity index (χ0) is 13.5. The first-order valence-corrected chi connectivity index (χ1v) is 6.39. The Bertz CT molecular complexity index is 374. The van der Waals surface area contributed by atoms with E-state index in [0.29, 0.717) is 24.7 Å². The summed E-state index contributed by atoms with van der Waals surface area (Å²) in [5.74, 6) is 1.36. The van der Waals surface area contributed by atoms with Crippen LogP contribution >= 0.6 is 0 Å². The third kappa shape index (κ3) is 4.10. The van der Waals surface area contributed by atoms with Gasteiger partial charge >= 0.3 is 0 Å². The van der Waals surface area contributed by atoms with Crippen LogP contribution in [-0.4, -0.2) is 46.6 Å². The number of aryl methyl sites for hydroxylation is 1.